The molecule has 0 radical (unpaired) electrons. The molecule has 3 heteroatoms. The van der Waals surface area contributed by atoms with Gasteiger partial charge in [0.2, 0.25) is 5.91 Å². The van der Waals surface area contributed by atoms with Crippen molar-refractivity contribution in [2.45, 2.75) is 70.8 Å². The molecule has 2 fully saturated rings. The molecule has 0 aromatic carbocycles. The Bertz CT molecular complexity index is 317. The molecule has 2 saturated carbocycles. The molecule has 0 N–H and O–H groups in total. The van der Waals surface area contributed by atoms with Crippen LogP contribution in [0.1, 0.15) is 64.7 Å². The lowest BCUT2D eigenvalue weighted by Crippen LogP contribution is -2.43. The van der Waals surface area contributed by atoms with Gasteiger partial charge in [-0.25, -0.2) is 0 Å². The summed E-state index contributed by atoms with van der Waals surface area (Å²) in [7, 11) is 4.13. The lowest BCUT2D eigenvalue weighted by molar-refractivity contribution is -0.132. The van der Waals surface area contributed by atoms with Gasteiger partial charge in [-0.3, -0.25) is 9.69 Å². The first kappa shape index (κ1) is 16.8. The number of carbonyl (C=O) groups is 1. The number of hydrogen-bond acceptors (Lipinski definition) is 2. The van der Waals surface area contributed by atoms with Gasteiger partial charge in [-0.05, 0) is 57.4 Å². The van der Waals surface area contributed by atoms with Crippen LogP contribution in [0.25, 0.3) is 0 Å². The highest BCUT2D eigenvalue weighted by Gasteiger charge is 2.24. The molecule has 122 valence electrons. The molecule has 0 bridgehead atoms. The molecule has 2 aliphatic rings. The second-order valence-electron chi connectivity index (χ2n) is 7.61. The first-order valence-electron chi connectivity index (χ1n) is 9.00. The van der Waals surface area contributed by atoms with E-state index in [2.05, 4.69) is 18.9 Å². The average molecular weight is 294 g/mol. The molecule has 0 spiro atoms. The van der Waals surface area contributed by atoms with Gasteiger partial charge in [0.25, 0.3) is 0 Å². The summed E-state index contributed by atoms with van der Waals surface area (Å²) in [6.07, 6.45) is 11.9. The largest absolute Gasteiger partial charge is 0.344 e. The summed E-state index contributed by atoms with van der Waals surface area (Å²) in [4.78, 5) is 16.7. The van der Waals surface area contributed by atoms with Crippen LogP contribution >= 0.6 is 0 Å². The van der Waals surface area contributed by atoms with Crippen molar-refractivity contribution in [1.82, 2.24) is 9.80 Å². The molecule has 2 rings (SSSR count). The number of hydrogen-bond donors (Lipinski definition) is 0. The van der Waals surface area contributed by atoms with Crippen LogP contribution in [-0.2, 0) is 4.79 Å². The zero-order valence-electron chi connectivity index (χ0n) is 14.3. The van der Waals surface area contributed by atoms with Crippen LogP contribution < -0.4 is 0 Å². The van der Waals surface area contributed by atoms with Gasteiger partial charge in [0.1, 0.15) is 0 Å². The lowest BCUT2D eigenvalue weighted by Gasteiger charge is -2.34. The Morgan fingerprint density at radius 1 is 0.952 bits per heavy atom. The fraction of sp³-hybridized carbons (Fsp3) is 0.944. The maximum Gasteiger partial charge on any atom is 0.236 e. The molecule has 0 aromatic rings. The molecule has 1 amide bonds. The van der Waals surface area contributed by atoms with E-state index in [1.165, 1.54) is 57.8 Å². The molecule has 21 heavy (non-hydrogen) atoms. The van der Waals surface area contributed by atoms with Crippen molar-refractivity contribution in [2.75, 3.05) is 27.2 Å². The van der Waals surface area contributed by atoms with Crippen molar-refractivity contribution >= 4 is 5.91 Å². The summed E-state index contributed by atoms with van der Waals surface area (Å²) in [5.41, 5.74) is 0. The monoisotopic (exact) mass is 294 g/mol. The Kier molecular flexibility index (Phi) is 6.53. The van der Waals surface area contributed by atoms with Crippen molar-refractivity contribution in [1.29, 1.82) is 0 Å². The van der Waals surface area contributed by atoms with Gasteiger partial charge in [0.05, 0.1) is 6.54 Å². The summed E-state index contributed by atoms with van der Waals surface area (Å²) in [5, 5.41) is 0. The van der Waals surface area contributed by atoms with Crippen molar-refractivity contribution < 1.29 is 4.79 Å². The fourth-order valence-electron chi connectivity index (χ4n) is 4.01. The van der Waals surface area contributed by atoms with Crippen LogP contribution in [0.15, 0.2) is 0 Å². The summed E-state index contributed by atoms with van der Waals surface area (Å²) in [5.74, 6) is 1.93. The van der Waals surface area contributed by atoms with Gasteiger partial charge in [-0.1, -0.05) is 26.2 Å². The van der Waals surface area contributed by atoms with E-state index >= 15 is 0 Å². The highest BCUT2D eigenvalue weighted by Crippen LogP contribution is 2.27. The minimum atomic E-state index is 0.307. The predicted molar refractivity (Wildman–Crippen MR) is 88.3 cm³/mol. The Morgan fingerprint density at radius 3 is 2.19 bits per heavy atom. The molecule has 2 aliphatic carbocycles. The SMILES string of the molecule is CC1CCC(N(C)CC(=O)N(C)CC2CCCCC2)CC1. The van der Waals surface area contributed by atoms with E-state index in [9.17, 15) is 4.79 Å². The summed E-state index contributed by atoms with van der Waals surface area (Å²) in [6.45, 7) is 3.91. The van der Waals surface area contributed by atoms with Crippen LogP contribution in [0.4, 0.5) is 0 Å². The predicted octanol–water partition coefficient (Wildman–Crippen LogP) is 3.54. The van der Waals surface area contributed by atoms with E-state index in [4.69, 9.17) is 0 Å². The van der Waals surface area contributed by atoms with Gasteiger partial charge >= 0.3 is 0 Å². The van der Waals surface area contributed by atoms with Gasteiger partial charge in [0.15, 0.2) is 0 Å². The van der Waals surface area contributed by atoms with Crippen molar-refractivity contribution in [3.8, 4) is 0 Å². The van der Waals surface area contributed by atoms with Crippen molar-refractivity contribution in [2.24, 2.45) is 11.8 Å². The Hall–Kier alpha value is -0.570. The van der Waals surface area contributed by atoms with Gasteiger partial charge in [-0.2, -0.15) is 0 Å². The van der Waals surface area contributed by atoms with Crippen molar-refractivity contribution in [3.63, 3.8) is 0 Å². The maximum absolute atomic E-state index is 12.4. The minimum absolute atomic E-state index is 0.307. The second kappa shape index (κ2) is 8.17. The average Bonchev–Trinajstić information content (AvgIpc) is 2.48. The summed E-state index contributed by atoms with van der Waals surface area (Å²) in [6, 6.07) is 0.619. The van der Waals surface area contributed by atoms with Crippen molar-refractivity contribution in [3.05, 3.63) is 0 Å². The third kappa shape index (κ3) is 5.28. The zero-order chi connectivity index (χ0) is 15.2. The van der Waals surface area contributed by atoms with E-state index in [1.54, 1.807) is 0 Å². The highest BCUT2D eigenvalue weighted by atomic mass is 16.2. The quantitative estimate of drug-likeness (QED) is 0.774. The Balaban J connectivity index is 1.71. The maximum atomic E-state index is 12.4. The minimum Gasteiger partial charge on any atom is -0.344 e. The van der Waals surface area contributed by atoms with Crippen LogP contribution in [-0.4, -0.2) is 48.9 Å². The van der Waals surface area contributed by atoms with E-state index in [-0.39, 0.29) is 0 Å². The molecular formula is C18H34N2O. The van der Waals surface area contributed by atoms with Crippen LogP contribution in [0.2, 0.25) is 0 Å². The molecule has 0 atom stereocenters. The fourth-order valence-corrected chi connectivity index (χ4v) is 4.01. The lowest BCUT2D eigenvalue weighted by atomic mass is 9.87. The number of carbonyl (C=O) groups excluding carboxylic acids is 1. The molecular weight excluding hydrogens is 260 g/mol. The number of amides is 1. The molecule has 0 aromatic heterocycles. The van der Waals surface area contributed by atoms with Crippen LogP contribution in [0, 0.1) is 11.8 Å². The normalized spacial score (nSPS) is 27.8. The number of rotatable bonds is 5. The zero-order valence-corrected chi connectivity index (χ0v) is 14.3. The van der Waals surface area contributed by atoms with Gasteiger partial charge < -0.3 is 4.90 Å². The molecule has 0 aliphatic heterocycles. The molecule has 0 saturated heterocycles. The Labute approximate surface area is 131 Å². The highest BCUT2D eigenvalue weighted by molar-refractivity contribution is 5.78. The second-order valence-corrected chi connectivity index (χ2v) is 7.61. The number of nitrogens with zero attached hydrogens (tertiary/aromatic N) is 2. The first-order chi connectivity index (χ1) is 10.1. The summed E-state index contributed by atoms with van der Waals surface area (Å²) >= 11 is 0. The van der Waals surface area contributed by atoms with Gasteiger partial charge in [-0.15, -0.1) is 0 Å². The smallest absolute Gasteiger partial charge is 0.236 e. The summed E-state index contributed by atoms with van der Waals surface area (Å²) < 4.78 is 0. The first-order valence-corrected chi connectivity index (χ1v) is 9.00. The third-order valence-corrected chi connectivity index (χ3v) is 5.68. The topological polar surface area (TPSA) is 23.6 Å². The van der Waals surface area contributed by atoms with Crippen LogP contribution in [0.5, 0.6) is 0 Å². The van der Waals surface area contributed by atoms with Crippen LogP contribution in [0.3, 0.4) is 0 Å². The van der Waals surface area contributed by atoms with E-state index in [1.807, 2.05) is 11.9 Å². The molecule has 3 nitrogen and oxygen atoms in total. The van der Waals surface area contributed by atoms with E-state index in [0.29, 0.717) is 18.5 Å². The number of likely N-dealkylation sites (N-methyl/N-ethyl adjacent to an activating group) is 2. The van der Waals surface area contributed by atoms with Gasteiger partial charge in [0, 0.05) is 19.6 Å². The Morgan fingerprint density at radius 2 is 1.57 bits per heavy atom. The third-order valence-electron chi connectivity index (χ3n) is 5.68. The standard InChI is InChI=1S/C18H34N2O/c1-15-9-11-17(12-10-15)19(2)14-18(21)20(3)13-16-7-5-4-6-8-16/h15-17H,4-14H2,1-3H3. The molecule has 0 heterocycles. The van der Waals surface area contributed by atoms with E-state index < -0.39 is 0 Å². The van der Waals surface area contributed by atoms with E-state index in [0.717, 1.165) is 18.4 Å². The molecule has 0 unspecified atom stereocenters.